The van der Waals surface area contributed by atoms with Crippen LogP contribution in [0, 0.1) is 0 Å². The van der Waals surface area contributed by atoms with Gasteiger partial charge in [-0.1, -0.05) is 35.9 Å². The number of rotatable bonds is 6. The SMILES string of the molecule is COc1ccc(Cl)cc1N([C@@H](C)C(=O)N[C@H]1CCCc2ccccc21)S(C)(=O)=O. The predicted molar refractivity (Wildman–Crippen MR) is 115 cm³/mol. The van der Waals surface area contributed by atoms with E-state index in [0.29, 0.717) is 10.8 Å². The Hall–Kier alpha value is -2.25. The largest absolute Gasteiger partial charge is 0.495 e. The predicted octanol–water partition coefficient (Wildman–Crippen LogP) is 3.70. The average molecular weight is 437 g/mol. The van der Waals surface area contributed by atoms with Gasteiger partial charge in [-0.3, -0.25) is 9.10 Å². The molecule has 1 aliphatic rings. The lowest BCUT2D eigenvalue weighted by Crippen LogP contribution is -2.49. The Morgan fingerprint density at radius 2 is 2.00 bits per heavy atom. The van der Waals surface area contributed by atoms with Crippen LogP contribution in [-0.2, 0) is 21.2 Å². The van der Waals surface area contributed by atoms with Crippen LogP contribution in [0.2, 0.25) is 5.02 Å². The normalized spacial score (nSPS) is 17.2. The summed E-state index contributed by atoms with van der Waals surface area (Å²) in [6.45, 7) is 1.56. The molecule has 2 aromatic rings. The fourth-order valence-corrected chi connectivity index (χ4v) is 5.15. The van der Waals surface area contributed by atoms with E-state index in [1.807, 2.05) is 18.2 Å². The Morgan fingerprint density at radius 1 is 1.28 bits per heavy atom. The van der Waals surface area contributed by atoms with E-state index >= 15 is 0 Å². The second-order valence-corrected chi connectivity index (χ2v) is 9.50. The summed E-state index contributed by atoms with van der Waals surface area (Å²) in [5.41, 5.74) is 2.54. The van der Waals surface area contributed by atoms with Gasteiger partial charge in [-0.15, -0.1) is 0 Å². The molecule has 8 heteroatoms. The fourth-order valence-electron chi connectivity index (χ4n) is 3.81. The van der Waals surface area contributed by atoms with Crippen LogP contribution in [0.15, 0.2) is 42.5 Å². The number of ether oxygens (including phenoxy) is 1. The van der Waals surface area contributed by atoms with Gasteiger partial charge in [-0.25, -0.2) is 8.42 Å². The van der Waals surface area contributed by atoms with Gasteiger partial charge >= 0.3 is 0 Å². The zero-order chi connectivity index (χ0) is 21.2. The molecule has 0 spiro atoms. The third kappa shape index (κ3) is 4.67. The summed E-state index contributed by atoms with van der Waals surface area (Å²) < 4.78 is 31.6. The highest BCUT2D eigenvalue weighted by Gasteiger charge is 2.33. The van der Waals surface area contributed by atoms with Crippen LogP contribution in [-0.4, -0.2) is 33.7 Å². The maximum absolute atomic E-state index is 13.1. The number of amides is 1. The lowest BCUT2D eigenvalue weighted by molar-refractivity contribution is -0.122. The van der Waals surface area contributed by atoms with Crippen molar-refractivity contribution in [3.63, 3.8) is 0 Å². The van der Waals surface area contributed by atoms with Gasteiger partial charge in [-0.05, 0) is 55.5 Å². The van der Waals surface area contributed by atoms with Gasteiger partial charge in [0.2, 0.25) is 15.9 Å². The van der Waals surface area contributed by atoms with E-state index < -0.39 is 16.1 Å². The number of carbonyl (C=O) groups is 1. The van der Waals surface area contributed by atoms with Crippen molar-refractivity contribution >= 4 is 33.2 Å². The van der Waals surface area contributed by atoms with Gasteiger partial charge in [-0.2, -0.15) is 0 Å². The van der Waals surface area contributed by atoms with Crippen molar-refractivity contribution in [1.82, 2.24) is 5.32 Å². The topological polar surface area (TPSA) is 75.7 Å². The van der Waals surface area contributed by atoms with Crippen molar-refractivity contribution in [2.24, 2.45) is 0 Å². The standard InChI is InChI=1S/C21H25ClN2O4S/c1-14(21(25)23-18-10-6-8-15-7-4-5-9-17(15)18)24(29(3,26)27)19-13-16(22)11-12-20(19)28-2/h4-5,7,9,11-14,18H,6,8,10H2,1-3H3,(H,23,25)/t14-,18-/m0/s1. The van der Waals surface area contributed by atoms with E-state index in [-0.39, 0.29) is 17.6 Å². The lowest BCUT2D eigenvalue weighted by atomic mass is 9.87. The van der Waals surface area contributed by atoms with Crippen molar-refractivity contribution in [3.05, 3.63) is 58.6 Å². The van der Waals surface area contributed by atoms with Gasteiger partial charge in [0.05, 0.1) is 25.1 Å². The first kappa shape index (κ1) is 21.5. The molecule has 1 aliphatic carbocycles. The summed E-state index contributed by atoms with van der Waals surface area (Å²) in [5, 5.41) is 3.38. The molecule has 0 heterocycles. The number of hydrogen-bond donors (Lipinski definition) is 1. The monoisotopic (exact) mass is 436 g/mol. The molecule has 0 saturated carbocycles. The summed E-state index contributed by atoms with van der Waals surface area (Å²) in [7, 11) is -2.34. The highest BCUT2D eigenvalue weighted by Crippen LogP contribution is 2.35. The fraction of sp³-hybridized carbons (Fsp3) is 0.381. The minimum absolute atomic E-state index is 0.141. The second kappa shape index (κ2) is 8.63. The number of methoxy groups -OCH3 is 1. The first-order valence-electron chi connectivity index (χ1n) is 9.43. The zero-order valence-corrected chi connectivity index (χ0v) is 18.3. The Kier molecular flexibility index (Phi) is 6.39. The first-order valence-corrected chi connectivity index (χ1v) is 11.7. The number of aryl methyl sites for hydroxylation is 1. The first-order chi connectivity index (χ1) is 13.7. The van der Waals surface area contributed by atoms with Crippen LogP contribution in [0.5, 0.6) is 5.75 Å². The van der Waals surface area contributed by atoms with E-state index in [9.17, 15) is 13.2 Å². The van der Waals surface area contributed by atoms with Crippen LogP contribution < -0.4 is 14.4 Å². The molecule has 0 aliphatic heterocycles. The molecule has 0 unspecified atom stereocenters. The summed E-state index contributed by atoms with van der Waals surface area (Å²) in [4.78, 5) is 13.1. The molecule has 0 saturated heterocycles. The Balaban J connectivity index is 1.91. The number of hydrogen-bond acceptors (Lipinski definition) is 4. The van der Waals surface area contributed by atoms with Crippen molar-refractivity contribution < 1.29 is 17.9 Å². The van der Waals surface area contributed by atoms with Gasteiger partial charge < -0.3 is 10.1 Å². The van der Waals surface area contributed by atoms with Crippen molar-refractivity contribution in [2.45, 2.75) is 38.3 Å². The summed E-state index contributed by atoms with van der Waals surface area (Å²) in [6.07, 6.45) is 3.82. The maximum atomic E-state index is 13.1. The molecule has 6 nitrogen and oxygen atoms in total. The quantitative estimate of drug-likeness (QED) is 0.749. The minimum Gasteiger partial charge on any atom is -0.495 e. The van der Waals surface area contributed by atoms with Crippen LogP contribution >= 0.6 is 11.6 Å². The number of benzene rings is 2. The lowest BCUT2D eigenvalue weighted by Gasteiger charge is -2.32. The van der Waals surface area contributed by atoms with E-state index in [0.717, 1.165) is 35.4 Å². The molecule has 0 fully saturated rings. The van der Waals surface area contributed by atoms with Crippen molar-refractivity contribution in [3.8, 4) is 5.75 Å². The number of nitrogens with one attached hydrogen (secondary N) is 1. The third-order valence-electron chi connectivity index (χ3n) is 5.15. The molecule has 2 aromatic carbocycles. The number of fused-ring (bicyclic) bond motifs is 1. The Bertz CT molecular complexity index is 1010. The summed E-state index contributed by atoms with van der Waals surface area (Å²) in [6, 6.07) is 11.6. The van der Waals surface area contributed by atoms with Gasteiger partial charge in [0.15, 0.2) is 0 Å². The highest BCUT2D eigenvalue weighted by molar-refractivity contribution is 7.92. The maximum Gasteiger partial charge on any atom is 0.244 e. The number of anilines is 1. The van der Waals surface area contributed by atoms with Crippen molar-refractivity contribution in [1.29, 1.82) is 0 Å². The minimum atomic E-state index is -3.78. The molecular formula is C21H25ClN2O4S. The smallest absolute Gasteiger partial charge is 0.244 e. The van der Waals surface area contributed by atoms with Crippen LogP contribution in [0.4, 0.5) is 5.69 Å². The Morgan fingerprint density at radius 3 is 2.69 bits per heavy atom. The second-order valence-electron chi connectivity index (χ2n) is 7.20. The van der Waals surface area contributed by atoms with E-state index in [4.69, 9.17) is 16.3 Å². The molecule has 0 bridgehead atoms. The number of carbonyl (C=O) groups excluding carboxylic acids is 1. The number of halogens is 1. The summed E-state index contributed by atoms with van der Waals surface area (Å²) >= 11 is 6.09. The molecule has 156 valence electrons. The molecule has 0 radical (unpaired) electrons. The van der Waals surface area contributed by atoms with Crippen molar-refractivity contribution in [2.75, 3.05) is 17.7 Å². The van der Waals surface area contributed by atoms with Gasteiger partial charge in [0.25, 0.3) is 0 Å². The van der Waals surface area contributed by atoms with E-state index in [1.165, 1.54) is 18.7 Å². The molecular weight excluding hydrogens is 412 g/mol. The van der Waals surface area contributed by atoms with Crippen LogP contribution in [0.3, 0.4) is 0 Å². The molecule has 29 heavy (non-hydrogen) atoms. The van der Waals surface area contributed by atoms with Crippen LogP contribution in [0.1, 0.15) is 36.9 Å². The molecule has 0 aromatic heterocycles. The zero-order valence-electron chi connectivity index (χ0n) is 16.7. The molecule has 3 rings (SSSR count). The highest BCUT2D eigenvalue weighted by atomic mass is 35.5. The number of nitrogens with zero attached hydrogens (tertiary/aromatic N) is 1. The summed E-state index contributed by atoms with van der Waals surface area (Å²) in [5.74, 6) is -0.0540. The molecule has 1 N–H and O–H groups in total. The number of sulfonamides is 1. The van der Waals surface area contributed by atoms with Crippen LogP contribution in [0.25, 0.3) is 0 Å². The molecule has 1 amide bonds. The van der Waals surface area contributed by atoms with E-state index in [1.54, 1.807) is 19.1 Å². The Labute approximate surface area is 176 Å². The third-order valence-corrected chi connectivity index (χ3v) is 6.62. The average Bonchev–Trinajstić information content (AvgIpc) is 2.67. The van der Waals surface area contributed by atoms with Gasteiger partial charge in [0, 0.05) is 5.02 Å². The van der Waals surface area contributed by atoms with E-state index in [2.05, 4.69) is 11.4 Å². The van der Waals surface area contributed by atoms with Gasteiger partial charge in [0.1, 0.15) is 11.8 Å². The molecule has 2 atom stereocenters.